The van der Waals surface area contributed by atoms with Gasteiger partial charge in [-0.05, 0) is 173 Å². The summed E-state index contributed by atoms with van der Waals surface area (Å²) < 4.78 is 68.6. The lowest BCUT2D eigenvalue weighted by Crippen LogP contribution is -2.30. The monoisotopic (exact) mass is 1550 g/mol. The minimum atomic E-state index is -5.01. The first-order valence-corrected chi connectivity index (χ1v) is 44.0. The Labute approximate surface area is 654 Å². The van der Waals surface area contributed by atoms with E-state index in [4.69, 9.17) is 37.0 Å². The van der Waals surface area contributed by atoms with Crippen molar-refractivity contribution in [1.82, 2.24) is 0 Å². The molecule has 0 bridgehead atoms. The van der Waals surface area contributed by atoms with Gasteiger partial charge in [-0.2, -0.15) is 0 Å². The highest BCUT2D eigenvalue weighted by Gasteiger charge is 2.30. The number of carbonyl (C=O) groups is 4. The highest BCUT2D eigenvalue weighted by molar-refractivity contribution is 7.47. The lowest BCUT2D eigenvalue weighted by Gasteiger charge is -2.21. The van der Waals surface area contributed by atoms with Gasteiger partial charge in [0.25, 0.3) is 0 Å². The molecule has 0 aliphatic carbocycles. The van der Waals surface area contributed by atoms with Gasteiger partial charge in [-0.3, -0.25) is 37.3 Å². The highest BCUT2D eigenvalue weighted by Crippen LogP contribution is 2.45. The first-order valence-electron chi connectivity index (χ1n) is 41.0. The van der Waals surface area contributed by atoms with Gasteiger partial charge in [-0.1, -0.05) is 281 Å². The first-order chi connectivity index (χ1) is 52.7. The third-order valence-corrected chi connectivity index (χ3v) is 18.2. The molecule has 0 amide bonds. The van der Waals surface area contributed by atoms with Gasteiger partial charge in [0.1, 0.15) is 19.3 Å². The van der Waals surface area contributed by atoms with E-state index in [2.05, 4.69) is 192 Å². The molecule has 0 aliphatic heterocycles. The summed E-state index contributed by atoms with van der Waals surface area (Å²) in [6.07, 6.45) is 95.9. The summed E-state index contributed by atoms with van der Waals surface area (Å²) in [5.41, 5.74) is 0. The van der Waals surface area contributed by atoms with Gasteiger partial charge in [0.15, 0.2) is 12.2 Å². The molecule has 0 aromatic rings. The Morgan fingerprint density at radius 1 is 0.269 bits per heavy atom. The van der Waals surface area contributed by atoms with Crippen LogP contribution in [0.2, 0.25) is 0 Å². The van der Waals surface area contributed by atoms with Crippen LogP contribution in [-0.2, 0) is 65.4 Å². The number of aliphatic hydroxyl groups excluding tert-OH is 1. The average Bonchev–Trinajstić information content (AvgIpc) is 0.896. The SMILES string of the molecule is CC/C=C\C/C=C\C/C=C\C/C=C\C/C=C\C/C=C\CCC(=O)OCC(COP(=O)(O)OCC(O)COP(=O)(O)OCC(COC(=O)CCCC/C=C\C/C=C\C/C=C\C/C=C\CC)OC(=O)CCCCCCC/C=C\C/C=C\CCCCC)OC(=O)CCCCCCCC/C=C\C/C=C\C/C=C\CCCCC. The zero-order valence-corrected chi connectivity index (χ0v) is 68.7. The van der Waals surface area contributed by atoms with Crippen molar-refractivity contribution in [3.8, 4) is 0 Å². The number of aliphatic hydroxyl groups is 1. The van der Waals surface area contributed by atoms with Crippen molar-refractivity contribution in [2.75, 3.05) is 39.6 Å². The molecule has 0 fully saturated rings. The van der Waals surface area contributed by atoms with Crippen LogP contribution >= 0.6 is 15.6 Å². The normalized spacial score (nSPS) is 14.8. The van der Waals surface area contributed by atoms with Crippen LogP contribution in [0.5, 0.6) is 0 Å². The predicted molar refractivity (Wildman–Crippen MR) is 445 cm³/mol. The summed E-state index contributed by atoms with van der Waals surface area (Å²) in [4.78, 5) is 73.1. The van der Waals surface area contributed by atoms with Crippen molar-refractivity contribution in [3.63, 3.8) is 0 Å². The van der Waals surface area contributed by atoms with Crippen molar-refractivity contribution >= 4 is 39.5 Å². The summed E-state index contributed by atoms with van der Waals surface area (Å²) in [6, 6.07) is 0. The molecule has 108 heavy (non-hydrogen) atoms. The number of allylic oxidation sites excluding steroid dienone is 30. The van der Waals surface area contributed by atoms with Gasteiger partial charge in [-0.15, -0.1) is 0 Å². The van der Waals surface area contributed by atoms with Crippen LogP contribution in [0.15, 0.2) is 182 Å². The molecule has 612 valence electrons. The topological polar surface area (TPSA) is 237 Å². The van der Waals surface area contributed by atoms with Crippen molar-refractivity contribution in [3.05, 3.63) is 182 Å². The smallest absolute Gasteiger partial charge is 0.462 e. The van der Waals surface area contributed by atoms with E-state index in [-0.39, 0.29) is 25.7 Å². The van der Waals surface area contributed by atoms with Crippen LogP contribution in [-0.4, -0.2) is 96.7 Å². The largest absolute Gasteiger partial charge is 0.472 e. The standard InChI is InChI=1S/C89H144O17P2/c1-5-9-13-17-21-25-29-33-37-39-41-43-47-50-54-58-62-66-70-74-87(92)100-80-85(106-89(94)76-72-68-64-60-56-52-48-44-42-40-38-34-30-26-22-18-14-10-6-2)82-104-108(97,98)102-78-83(90)77-101-107(95,96)103-81-84(105-88(93)75-71-67-63-59-55-51-46-36-32-28-24-20-16-12-8-4)79-99-86(91)73-69-65-61-57-53-49-45-35-31-27-23-19-15-11-7-3/h9,11,13,15,21-28,33-38,41-46,50,53-54,57,62,66,83-85,90H,5-8,10,12,14,16-20,29-32,39-40,47-49,51-52,55-56,58-61,63-65,67-82H2,1-4H3,(H,95,96)(H,97,98)/b13-9-,15-11-,25-21-,26-22-,27-23-,28-24-,37-33-,38-34-,43-41-,44-42-,45-35-,46-36-,54-50-,57-53-,66-62-. The van der Waals surface area contributed by atoms with Gasteiger partial charge in [0, 0.05) is 25.7 Å². The number of ether oxygens (including phenoxy) is 4. The van der Waals surface area contributed by atoms with Gasteiger partial charge in [-0.25, -0.2) is 9.13 Å². The van der Waals surface area contributed by atoms with E-state index in [1.54, 1.807) is 0 Å². The summed E-state index contributed by atoms with van der Waals surface area (Å²) in [5.74, 6) is -2.36. The summed E-state index contributed by atoms with van der Waals surface area (Å²) in [7, 11) is -10.0. The summed E-state index contributed by atoms with van der Waals surface area (Å²) in [6.45, 7) is 4.42. The Balaban J connectivity index is 5.52. The number of phosphoric acid groups is 2. The molecule has 3 N–H and O–H groups in total. The number of phosphoric ester groups is 2. The number of hydrogen-bond acceptors (Lipinski definition) is 15. The van der Waals surface area contributed by atoms with Gasteiger partial charge < -0.3 is 33.8 Å². The van der Waals surface area contributed by atoms with Crippen molar-refractivity contribution < 1.29 is 80.2 Å². The molecule has 0 spiro atoms. The molecule has 0 heterocycles. The van der Waals surface area contributed by atoms with E-state index >= 15 is 0 Å². The van der Waals surface area contributed by atoms with E-state index in [0.29, 0.717) is 32.1 Å². The molecule has 0 radical (unpaired) electrons. The molecular formula is C89H144O17P2. The lowest BCUT2D eigenvalue weighted by molar-refractivity contribution is -0.161. The minimum absolute atomic E-state index is 0.0255. The third-order valence-electron chi connectivity index (χ3n) is 16.3. The molecule has 5 atom stereocenters. The lowest BCUT2D eigenvalue weighted by atomic mass is 10.1. The fourth-order valence-electron chi connectivity index (χ4n) is 10.2. The fraction of sp³-hybridized carbons (Fsp3) is 0.618. The van der Waals surface area contributed by atoms with E-state index in [1.165, 1.54) is 38.5 Å². The molecule has 0 aromatic heterocycles. The van der Waals surface area contributed by atoms with Crippen LogP contribution in [0, 0.1) is 0 Å². The van der Waals surface area contributed by atoms with Gasteiger partial charge in [0.2, 0.25) is 0 Å². The van der Waals surface area contributed by atoms with E-state index in [9.17, 15) is 43.2 Å². The Kier molecular flexibility index (Phi) is 75.0. The molecule has 0 aliphatic rings. The fourth-order valence-corrected chi connectivity index (χ4v) is 11.7. The van der Waals surface area contributed by atoms with Crippen molar-refractivity contribution in [1.29, 1.82) is 0 Å². The molecule has 0 saturated heterocycles. The second-order valence-electron chi connectivity index (χ2n) is 26.6. The summed E-state index contributed by atoms with van der Waals surface area (Å²) in [5, 5.41) is 10.7. The zero-order chi connectivity index (χ0) is 78.9. The quantitative estimate of drug-likeness (QED) is 0.0169. The third kappa shape index (κ3) is 78.3. The minimum Gasteiger partial charge on any atom is -0.462 e. The zero-order valence-electron chi connectivity index (χ0n) is 66.9. The Morgan fingerprint density at radius 2 is 0.500 bits per heavy atom. The molecule has 0 saturated carbocycles. The molecule has 19 heteroatoms. The van der Waals surface area contributed by atoms with Crippen LogP contribution < -0.4 is 0 Å². The van der Waals surface area contributed by atoms with Crippen LogP contribution in [0.3, 0.4) is 0 Å². The van der Waals surface area contributed by atoms with Crippen LogP contribution in [0.4, 0.5) is 0 Å². The van der Waals surface area contributed by atoms with Gasteiger partial charge >= 0.3 is 39.5 Å². The van der Waals surface area contributed by atoms with Gasteiger partial charge in [0.05, 0.1) is 26.4 Å². The molecule has 0 aromatic carbocycles. The second-order valence-corrected chi connectivity index (χ2v) is 29.5. The Bertz CT molecular complexity index is 2760. The van der Waals surface area contributed by atoms with Crippen molar-refractivity contribution in [2.45, 2.75) is 316 Å². The maximum absolute atomic E-state index is 13.1. The number of esters is 4. The molecular weight excluding hydrogens is 1400 g/mol. The Morgan fingerprint density at radius 3 is 0.815 bits per heavy atom. The number of rotatable bonds is 75. The number of carbonyl (C=O) groups excluding carboxylic acids is 4. The van der Waals surface area contributed by atoms with E-state index < -0.39 is 97.5 Å². The molecule has 17 nitrogen and oxygen atoms in total. The Hall–Kier alpha value is -5.84. The highest BCUT2D eigenvalue weighted by atomic mass is 31.2. The second kappa shape index (κ2) is 79.3. The van der Waals surface area contributed by atoms with Crippen LogP contribution in [0.25, 0.3) is 0 Å². The summed E-state index contributed by atoms with van der Waals surface area (Å²) >= 11 is 0. The van der Waals surface area contributed by atoms with E-state index in [1.807, 2.05) is 18.2 Å². The first kappa shape index (κ1) is 102. The number of hydrogen-bond donors (Lipinski definition) is 3. The van der Waals surface area contributed by atoms with Crippen LogP contribution in [0.1, 0.15) is 297 Å². The maximum Gasteiger partial charge on any atom is 0.472 e. The van der Waals surface area contributed by atoms with E-state index in [0.717, 1.165) is 173 Å². The average molecular weight is 1550 g/mol. The predicted octanol–water partition coefficient (Wildman–Crippen LogP) is 24.3. The molecule has 0 rings (SSSR count). The number of unbranched alkanes of at least 4 members (excludes halogenated alkanes) is 19. The maximum atomic E-state index is 13.1. The van der Waals surface area contributed by atoms with Crippen molar-refractivity contribution in [2.24, 2.45) is 0 Å². The molecule has 5 unspecified atom stereocenters.